The van der Waals surface area contributed by atoms with Gasteiger partial charge in [-0.3, -0.25) is 9.59 Å². The van der Waals surface area contributed by atoms with Gasteiger partial charge in [0.25, 0.3) is 5.91 Å². The third-order valence-corrected chi connectivity index (χ3v) is 6.45. The average molecular weight is 368 g/mol. The normalized spacial score (nSPS) is 16.6. The minimum absolute atomic E-state index is 0.0403. The van der Waals surface area contributed by atoms with Gasteiger partial charge in [-0.25, -0.2) is 12.7 Å². The van der Waals surface area contributed by atoms with Crippen LogP contribution < -0.4 is 0 Å². The number of carboxylic acids is 1. The van der Waals surface area contributed by atoms with Gasteiger partial charge in [0.05, 0.1) is 5.75 Å². The Labute approximate surface area is 148 Å². The number of sulfonamides is 1. The van der Waals surface area contributed by atoms with Crippen molar-refractivity contribution in [1.82, 2.24) is 9.21 Å². The average Bonchev–Trinajstić information content (AvgIpc) is 2.59. The highest BCUT2D eigenvalue weighted by molar-refractivity contribution is 7.89. The Morgan fingerprint density at radius 2 is 1.84 bits per heavy atom. The summed E-state index contributed by atoms with van der Waals surface area (Å²) in [4.78, 5) is 25.5. The van der Waals surface area contributed by atoms with Crippen LogP contribution in [0.15, 0.2) is 24.3 Å². The number of aliphatic carboxylic acids is 1. The maximum absolute atomic E-state index is 12.9. The fourth-order valence-electron chi connectivity index (χ4n) is 3.09. The highest BCUT2D eigenvalue weighted by Gasteiger charge is 2.33. The lowest BCUT2D eigenvalue weighted by Crippen LogP contribution is -2.50. The molecule has 0 atom stereocenters. The van der Waals surface area contributed by atoms with Gasteiger partial charge in [0, 0.05) is 24.7 Å². The standard InChI is InChI=1S/C17H24N2O5S/c1-3-25(23,24)18-10-8-14(9-11-18)19(12-16(20)21)17(22)15-7-5-4-6-13(15)2/h4-7,14H,3,8-12H2,1-2H3,(H,20,21). The molecule has 8 heteroatoms. The minimum Gasteiger partial charge on any atom is -0.480 e. The van der Waals surface area contributed by atoms with E-state index < -0.39 is 22.5 Å². The Hall–Kier alpha value is -1.93. The third kappa shape index (κ3) is 4.58. The van der Waals surface area contributed by atoms with Crippen LogP contribution in [0.4, 0.5) is 0 Å². The lowest BCUT2D eigenvalue weighted by molar-refractivity contribution is -0.138. The van der Waals surface area contributed by atoms with Crippen LogP contribution in [-0.2, 0) is 14.8 Å². The Morgan fingerprint density at radius 3 is 2.36 bits per heavy atom. The van der Waals surface area contributed by atoms with Crippen LogP contribution in [0.5, 0.6) is 0 Å². The van der Waals surface area contributed by atoms with Crippen molar-refractivity contribution in [2.24, 2.45) is 0 Å². The Morgan fingerprint density at radius 1 is 1.24 bits per heavy atom. The summed E-state index contributed by atoms with van der Waals surface area (Å²) in [7, 11) is -3.26. The van der Waals surface area contributed by atoms with Crippen molar-refractivity contribution in [3.63, 3.8) is 0 Å². The number of amides is 1. The fourth-order valence-corrected chi connectivity index (χ4v) is 4.23. The first-order valence-electron chi connectivity index (χ1n) is 8.32. The third-order valence-electron chi connectivity index (χ3n) is 4.56. The van der Waals surface area contributed by atoms with Crippen LogP contribution in [0.2, 0.25) is 0 Å². The number of hydrogen-bond acceptors (Lipinski definition) is 4. The molecule has 1 saturated heterocycles. The van der Waals surface area contributed by atoms with E-state index in [4.69, 9.17) is 0 Å². The predicted molar refractivity (Wildman–Crippen MR) is 93.9 cm³/mol. The number of piperidine rings is 1. The SMILES string of the molecule is CCS(=O)(=O)N1CCC(N(CC(=O)O)C(=O)c2ccccc2C)CC1. The molecule has 1 aromatic carbocycles. The van der Waals surface area contributed by atoms with Gasteiger partial charge in [0.15, 0.2) is 0 Å². The van der Waals surface area contributed by atoms with Gasteiger partial charge in [-0.05, 0) is 38.3 Å². The van der Waals surface area contributed by atoms with Crippen LogP contribution in [0.25, 0.3) is 0 Å². The Bertz CT molecular complexity index is 739. The molecule has 1 aliphatic heterocycles. The van der Waals surface area contributed by atoms with E-state index in [0.717, 1.165) is 5.56 Å². The van der Waals surface area contributed by atoms with Crippen LogP contribution in [0.3, 0.4) is 0 Å². The lowest BCUT2D eigenvalue weighted by atomic mass is 10.0. The number of carbonyl (C=O) groups is 2. The molecular weight excluding hydrogens is 344 g/mol. The molecule has 0 spiro atoms. The van der Waals surface area contributed by atoms with E-state index in [1.54, 1.807) is 19.1 Å². The molecule has 0 saturated carbocycles. The molecule has 0 radical (unpaired) electrons. The van der Waals surface area contributed by atoms with E-state index in [9.17, 15) is 23.1 Å². The zero-order valence-corrected chi connectivity index (χ0v) is 15.3. The molecule has 0 unspecified atom stereocenters. The van der Waals surface area contributed by atoms with Crippen molar-refractivity contribution in [3.8, 4) is 0 Å². The molecule has 0 bridgehead atoms. The fraction of sp³-hybridized carbons (Fsp3) is 0.529. The van der Waals surface area contributed by atoms with E-state index in [1.807, 2.05) is 19.1 Å². The summed E-state index contributed by atoms with van der Waals surface area (Å²) in [6.07, 6.45) is 0.869. The first-order chi connectivity index (χ1) is 11.8. The van der Waals surface area contributed by atoms with Crippen molar-refractivity contribution in [2.45, 2.75) is 32.7 Å². The molecular formula is C17H24N2O5S. The molecule has 1 fully saturated rings. The van der Waals surface area contributed by atoms with Gasteiger partial charge in [0.1, 0.15) is 6.54 Å². The van der Waals surface area contributed by atoms with Crippen molar-refractivity contribution in [3.05, 3.63) is 35.4 Å². The quantitative estimate of drug-likeness (QED) is 0.817. The highest BCUT2D eigenvalue weighted by Crippen LogP contribution is 2.22. The topological polar surface area (TPSA) is 95.0 Å². The van der Waals surface area contributed by atoms with Gasteiger partial charge in [-0.15, -0.1) is 0 Å². The number of carbonyl (C=O) groups excluding carboxylic acids is 1. The van der Waals surface area contributed by atoms with Gasteiger partial charge in [0.2, 0.25) is 10.0 Å². The first kappa shape index (κ1) is 19.4. The summed E-state index contributed by atoms with van der Waals surface area (Å²) in [6, 6.07) is 6.77. The maximum atomic E-state index is 12.9. The maximum Gasteiger partial charge on any atom is 0.323 e. The van der Waals surface area contributed by atoms with E-state index in [0.29, 0.717) is 31.5 Å². The second-order valence-corrected chi connectivity index (χ2v) is 8.43. The molecule has 0 aromatic heterocycles. The molecule has 7 nitrogen and oxygen atoms in total. The van der Waals surface area contributed by atoms with Crippen molar-refractivity contribution in [1.29, 1.82) is 0 Å². The highest BCUT2D eigenvalue weighted by atomic mass is 32.2. The summed E-state index contributed by atoms with van der Waals surface area (Å²) in [5, 5.41) is 9.20. The second-order valence-electron chi connectivity index (χ2n) is 6.17. The zero-order chi connectivity index (χ0) is 18.6. The number of benzene rings is 1. The molecule has 138 valence electrons. The van der Waals surface area contributed by atoms with Gasteiger partial charge >= 0.3 is 5.97 Å². The monoisotopic (exact) mass is 368 g/mol. The van der Waals surface area contributed by atoms with Crippen LogP contribution in [0.1, 0.15) is 35.7 Å². The van der Waals surface area contributed by atoms with Crippen LogP contribution in [-0.4, -0.2) is 66.0 Å². The summed E-state index contributed by atoms with van der Waals surface area (Å²) in [5.74, 6) is -1.36. The summed E-state index contributed by atoms with van der Waals surface area (Å²) < 4.78 is 25.3. The van der Waals surface area contributed by atoms with Crippen LogP contribution in [0, 0.1) is 6.92 Å². The largest absolute Gasteiger partial charge is 0.480 e. The molecule has 1 aromatic rings. The molecule has 1 amide bonds. The van der Waals surface area contributed by atoms with Crippen molar-refractivity contribution in [2.75, 3.05) is 25.4 Å². The van der Waals surface area contributed by atoms with Crippen LogP contribution >= 0.6 is 0 Å². The van der Waals surface area contributed by atoms with Gasteiger partial charge < -0.3 is 10.0 Å². The van der Waals surface area contributed by atoms with Gasteiger partial charge in [-0.2, -0.15) is 0 Å². The van der Waals surface area contributed by atoms with E-state index in [2.05, 4.69) is 0 Å². The number of rotatable bonds is 6. The van der Waals surface area contributed by atoms with E-state index >= 15 is 0 Å². The van der Waals surface area contributed by atoms with Crippen molar-refractivity contribution < 1.29 is 23.1 Å². The Balaban J connectivity index is 2.18. The predicted octanol–water partition coefficient (Wildman–Crippen LogP) is 1.34. The smallest absolute Gasteiger partial charge is 0.323 e. The Kier molecular flexibility index (Phi) is 6.18. The second kappa shape index (κ2) is 7.97. The number of carboxylic acid groups (broad SMARTS) is 1. The number of aryl methyl sites for hydroxylation is 1. The number of nitrogens with zero attached hydrogens (tertiary/aromatic N) is 2. The molecule has 1 N–H and O–H groups in total. The minimum atomic E-state index is -3.26. The van der Waals surface area contributed by atoms with Gasteiger partial charge in [-0.1, -0.05) is 18.2 Å². The molecule has 0 aliphatic carbocycles. The lowest BCUT2D eigenvalue weighted by Gasteiger charge is -2.37. The zero-order valence-electron chi connectivity index (χ0n) is 14.5. The summed E-state index contributed by atoms with van der Waals surface area (Å²) in [5.41, 5.74) is 1.27. The van der Waals surface area contributed by atoms with Crippen molar-refractivity contribution >= 4 is 21.9 Å². The molecule has 1 heterocycles. The number of hydrogen-bond donors (Lipinski definition) is 1. The van der Waals surface area contributed by atoms with E-state index in [-0.39, 0.29) is 17.7 Å². The first-order valence-corrected chi connectivity index (χ1v) is 9.93. The summed E-state index contributed by atoms with van der Waals surface area (Å²) >= 11 is 0. The van der Waals surface area contributed by atoms with E-state index in [1.165, 1.54) is 9.21 Å². The molecule has 2 rings (SSSR count). The molecule has 25 heavy (non-hydrogen) atoms. The summed E-state index contributed by atoms with van der Waals surface area (Å²) in [6.45, 7) is 3.62. The molecule has 1 aliphatic rings.